The highest BCUT2D eigenvalue weighted by Gasteiger charge is 2.29. The van der Waals surface area contributed by atoms with Gasteiger partial charge in [0.1, 0.15) is 5.69 Å². The number of nitrogens with one attached hydrogen (secondary N) is 1. The molecule has 0 aromatic heterocycles. The predicted octanol–water partition coefficient (Wildman–Crippen LogP) is 4.65. The van der Waals surface area contributed by atoms with Gasteiger partial charge in [-0.2, -0.15) is 8.42 Å². The molecule has 3 aromatic carbocycles. The average Bonchev–Trinajstić information content (AvgIpc) is 2.68. The van der Waals surface area contributed by atoms with Gasteiger partial charge in [0.2, 0.25) is 0 Å². The Kier molecular flexibility index (Phi) is 4.36. The summed E-state index contributed by atoms with van der Waals surface area (Å²) in [5.41, 5.74) is 2.08. The second kappa shape index (κ2) is 6.68. The van der Waals surface area contributed by atoms with Crippen molar-refractivity contribution >= 4 is 38.8 Å². The molecule has 0 aliphatic carbocycles. The van der Waals surface area contributed by atoms with Crippen molar-refractivity contribution in [3.8, 4) is 0 Å². The third-order valence-corrected chi connectivity index (χ3v) is 6.78. The summed E-state index contributed by atoms with van der Waals surface area (Å²) in [6, 6.07) is 21.7. The van der Waals surface area contributed by atoms with Crippen molar-refractivity contribution in [2.45, 2.75) is 14.7 Å². The minimum absolute atomic E-state index is 0.170. The first-order chi connectivity index (χ1) is 12.6. The largest absolute Gasteiger partial charge is 0.352 e. The van der Waals surface area contributed by atoms with Gasteiger partial charge >= 0.3 is 0 Å². The molecule has 26 heavy (non-hydrogen) atoms. The summed E-state index contributed by atoms with van der Waals surface area (Å²) in [5.74, 6) is 0. The van der Waals surface area contributed by atoms with E-state index in [1.54, 1.807) is 48.2 Å². The summed E-state index contributed by atoms with van der Waals surface area (Å²) in [6.07, 6.45) is 0. The predicted molar refractivity (Wildman–Crippen MR) is 103 cm³/mol. The number of hydrogen-bond acceptors (Lipinski definition) is 5. The van der Waals surface area contributed by atoms with Crippen LogP contribution in [0.4, 0.5) is 17.1 Å². The third-order valence-electron chi connectivity index (χ3n) is 3.99. The molecule has 3 aromatic rings. The molecular formula is C19H16N2O3S2. The molecule has 0 saturated carbocycles. The molecule has 132 valence electrons. The van der Waals surface area contributed by atoms with Crippen LogP contribution in [0.3, 0.4) is 0 Å². The number of hydrogen-bond donors (Lipinski definition) is 1. The Morgan fingerprint density at radius 3 is 2.35 bits per heavy atom. The van der Waals surface area contributed by atoms with Crippen molar-refractivity contribution in [3.63, 3.8) is 0 Å². The maximum Gasteiger partial charge on any atom is 0.286 e. The Morgan fingerprint density at radius 1 is 0.885 bits per heavy atom. The van der Waals surface area contributed by atoms with E-state index in [0.29, 0.717) is 11.4 Å². The van der Waals surface area contributed by atoms with E-state index in [1.165, 1.54) is 7.11 Å². The molecule has 0 spiro atoms. The van der Waals surface area contributed by atoms with Gasteiger partial charge in [-0.15, -0.1) is 4.47 Å². The first kappa shape index (κ1) is 17.0. The van der Waals surface area contributed by atoms with Crippen LogP contribution in [-0.2, 0) is 14.9 Å². The van der Waals surface area contributed by atoms with E-state index in [9.17, 15) is 8.42 Å². The van der Waals surface area contributed by atoms with Crippen molar-refractivity contribution in [3.05, 3.63) is 72.8 Å². The van der Waals surface area contributed by atoms with E-state index in [-0.39, 0.29) is 4.90 Å². The molecule has 0 unspecified atom stereocenters. The first-order valence-corrected chi connectivity index (χ1v) is 10.2. The molecule has 0 fully saturated rings. The lowest BCUT2D eigenvalue weighted by Crippen LogP contribution is -2.30. The molecule has 1 N–H and O–H groups in total. The molecule has 0 atom stereocenters. The van der Waals surface area contributed by atoms with E-state index in [0.717, 1.165) is 19.9 Å². The maximum atomic E-state index is 13.1. The number of rotatable bonds is 4. The molecule has 1 aliphatic rings. The highest BCUT2D eigenvalue weighted by atomic mass is 32.2. The van der Waals surface area contributed by atoms with Crippen molar-refractivity contribution in [2.24, 2.45) is 0 Å². The van der Waals surface area contributed by atoms with Crippen LogP contribution >= 0.6 is 11.8 Å². The van der Waals surface area contributed by atoms with E-state index in [2.05, 4.69) is 5.32 Å². The number of para-hydroxylation sites is 2. The number of fused-ring (bicyclic) bond motifs is 2. The van der Waals surface area contributed by atoms with E-state index >= 15 is 0 Å². The van der Waals surface area contributed by atoms with Crippen molar-refractivity contribution in [1.82, 2.24) is 0 Å². The lowest BCUT2D eigenvalue weighted by Gasteiger charge is -2.28. The average molecular weight is 384 g/mol. The van der Waals surface area contributed by atoms with E-state index in [4.69, 9.17) is 4.84 Å². The summed E-state index contributed by atoms with van der Waals surface area (Å²) in [6.45, 7) is 0. The van der Waals surface area contributed by atoms with Gasteiger partial charge in [-0.25, -0.2) is 0 Å². The fraction of sp³-hybridized carbons (Fsp3) is 0.0526. The third kappa shape index (κ3) is 2.84. The molecule has 5 nitrogen and oxygen atoms in total. The quantitative estimate of drug-likeness (QED) is 0.519. The Hall–Kier alpha value is -2.48. The Balaban J connectivity index is 1.82. The van der Waals surface area contributed by atoms with Gasteiger partial charge in [-0.1, -0.05) is 48.2 Å². The Morgan fingerprint density at radius 2 is 1.58 bits per heavy atom. The summed E-state index contributed by atoms with van der Waals surface area (Å²) in [4.78, 5) is 7.50. The van der Waals surface area contributed by atoms with Crippen LogP contribution in [0.5, 0.6) is 0 Å². The van der Waals surface area contributed by atoms with Crippen molar-refractivity contribution in [2.75, 3.05) is 16.9 Å². The van der Waals surface area contributed by atoms with Gasteiger partial charge in [0.05, 0.1) is 23.4 Å². The highest BCUT2D eigenvalue weighted by molar-refractivity contribution is 7.99. The monoisotopic (exact) mass is 384 g/mol. The van der Waals surface area contributed by atoms with Crippen LogP contribution in [-0.4, -0.2) is 15.5 Å². The van der Waals surface area contributed by atoms with Gasteiger partial charge < -0.3 is 5.32 Å². The van der Waals surface area contributed by atoms with Gasteiger partial charge in [-0.3, -0.25) is 4.84 Å². The minimum Gasteiger partial charge on any atom is -0.352 e. The SMILES string of the molecule is CON(c1cccc2c1Nc1ccccc1S2)S(=O)(=O)c1ccccc1. The molecule has 0 saturated heterocycles. The zero-order valence-electron chi connectivity index (χ0n) is 13.9. The standard InChI is InChI=1S/C19H16N2O3S2/c1-24-21(26(22,23)14-8-3-2-4-9-14)16-11-7-13-18-19(16)20-15-10-5-6-12-17(15)25-18/h2-13,20H,1H3. The van der Waals surface area contributed by atoms with Gasteiger partial charge in [-0.05, 0) is 36.4 Å². The molecule has 4 rings (SSSR count). The number of benzene rings is 3. The maximum absolute atomic E-state index is 13.1. The summed E-state index contributed by atoms with van der Waals surface area (Å²) < 4.78 is 27.1. The summed E-state index contributed by atoms with van der Waals surface area (Å²) in [5, 5.41) is 3.34. The van der Waals surface area contributed by atoms with Gasteiger partial charge in [0, 0.05) is 9.79 Å². The summed E-state index contributed by atoms with van der Waals surface area (Å²) >= 11 is 1.59. The number of sulfonamides is 1. The topological polar surface area (TPSA) is 58.6 Å². The van der Waals surface area contributed by atoms with Crippen LogP contribution in [0.1, 0.15) is 0 Å². The van der Waals surface area contributed by atoms with Gasteiger partial charge in [0.15, 0.2) is 0 Å². The molecular weight excluding hydrogens is 368 g/mol. The van der Waals surface area contributed by atoms with Crippen LogP contribution in [0.15, 0.2) is 87.5 Å². The lowest BCUT2D eigenvalue weighted by molar-refractivity contribution is 0.216. The highest BCUT2D eigenvalue weighted by Crippen LogP contribution is 2.48. The van der Waals surface area contributed by atoms with Crippen molar-refractivity contribution in [1.29, 1.82) is 0 Å². The summed E-state index contributed by atoms with van der Waals surface area (Å²) in [7, 11) is -2.50. The second-order valence-corrected chi connectivity index (χ2v) is 8.44. The van der Waals surface area contributed by atoms with E-state index in [1.807, 2.05) is 36.4 Å². The zero-order valence-corrected chi connectivity index (χ0v) is 15.5. The second-order valence-electron chi connectivity index (χ2n) is 5.60. The van der Waals surface area contributed by atoms with E-state index < -0.39 is 10.0 Å². The molecule has 7 heteroatoms. The zero-order chi connectivity index (χ0) is 18.1. The fourth-order valence-corrected chi connectivity index (χ4v) is 5.13. The van der Waals surface area contributed by atoms with Gasteiger partial charge in [0.25, 0.3) is 10.0 Å². The van der Waals surface area contributed by atoms with Crippen LogP contribution in [0.25, 0.3) is 0 Å². The normalized spacial score (nSPS) is 12.7. The number of anilines is 3. The molecule has 1 heterocycles. The Bertz CT molecular complexity index is 1050. The number of nitrogens with zero attached hydrogens (tertiary/aromatic N) is 1. The fourth-order valence-electron chi connectivity index (χ4n) is 2.81. The van der Waals surface area contributed by atoms with Crippen LogP contribution in [0, 0.1) is 0 Å². The minimum atomic E-state index is -3.85. The Labute approximate surface area is 156 Å². The van der Waals surface area contributed by atoms with Crippen LogP contribution in [0.2, 0.25) is 0 Å². The lowest BCUT2D eigenvalue weighted by atomic mass is 10.2. The molecule has 0 amide bonds. The van der Waals surface area contributed by atoms with Crippen molar-refractivity contribution < 1.29 is 13.3 Å². The van der Waals surface area contributed by atoms with Crippen LogP contribution < -0.4 is 9.79 Å². The molecule has 0 bridgehead atoms. The molecule has 0 radical (unpaired) electrons. The first-order valence-electron chi connectivity index (χ1n) is 7.92. The smallest absolute Gasteiger partial charge is 0.286 e. The molecule has 1 aliphatic heterocycles.